The highest BCUT2D eigenvalue weighted by Gasteiger charge is 2.14. The number of nitrogens with one attached hydrogen (secondary N) is 2. The molecule has 5 nitrogen and oxygen atoms in total. The molecule has 0 fully saturated rings. The standard InChI is InChI=1S/C8H19N3O2S/c1-6(2)5-14(12,13)11-4-7(3)8(9)10/h6-7,11H,4-5H2,1-3H3,(H3,9,10). The van der Waals surface area contributed by atoms with Crippen LogP contribution in [0, 0.1) is 17.2 Å². The van der Waals surface area contributed by atoms with Crippen LogP contribution in [0.3, 0.4) is 0 Å². The number of amidine groups is 1. The topological polar surface area (TPSA) is 96.0 Å². The summed E-state index contributed by atoms with van der Waals surface area (Å²) in [6.45, 7) is 5.59. The van der Waals surface area contributed by atoms with E-state index in [0.29, 0.717) is 0 Å². The largest absolute Gasteiger partial charge is 0.387 e. The van der Waals surface area contributed by atoms with E-state index in [0.717, 1.165) is 0 Å². The molecule has 0 amide bonds. The Kier molecular flexibility index (Phi) is 5.07. The van der Waals surface area contributed by atoms with Crippen molar-refractivity contribution in [2.75, 3.05) is 12.3 Å². The second-order valence-corrected chi connectivity index (χ2v) is 5.73. The van der Waals surface area contributed by atoms with Crippen molar-refractivity contribution in [3.63, 3.8) is 0 Å². The van der Waals surface area contributed by atoms with Gasteiger partial charge in [-0.1, -0.05) is 20.8 Å². The Bertz CT molecular complexity index is 285. The number of rotatable bonds is 6. The number of hydrogen-bond acceptors (Lipinski definition) is 3. The maximum absolute atomic E-state index is 11.3. The van der Waals surface area contributed by atoms with E-state index in [1.165, 1.54) is 0 Å². The summed E-state index contributed by atoms with van der Waals surface area (Å²) in [6.07, 6.45) is 0. The Morgan fingerprint density at radius 2 is 1.93 bits per heavy atom. The van der Waals surface area contributed by atoms with Crippen LogP contribution in [-0.4, -0.2) is 26.6 Å². The molecule has 1 atom stereocenters. The molecule has 0 aliphatic rings. The Morgan fingerprint density at radius 1 is 1.43 bits per heavy atom. The van der Waals surface area contributed by atoms with E-state index < -0.39 is 10.0 Å². The quantitative estimate of drug-likeness (QED) is 0.439. The van der Waals surface area contributed by atoms with Gasteiger partial charge in [-0.25, -0.2) is 13.1 Å². The minimum atomic E-state index is -3.21. The van der Waals surface area contributed by atoms with Gasteiger partial charge in [0.25, 0.3) is 0 Å². The Balaban J connectivity index is 4.06. The third-order valence-corrected chi connectivity index (χ3v) is 3.41. The maximum Gasteiger partial charge on any atom is 0.211 e. The molecule has 6 heteroatoms. The van der Waals surface area contributed by atoms with Gasteiger partial charge in [0.1, 0.15) is 0 Å². The zero-order chi connectivity index (χ0) is 11.4. The first-order valence-corrected chi connectivity index (χ1v) is 6.21. The smallest absolute Gasteiger partial charge is 0.211 e. The van der Waals surface area contributed by atoms with E-state index in [4.69, 9.17) is 11.1 Å². The molecule has 0 spiro atoms. The van der Waals surface area contributed by atoms with Crippen LogP contribution in [-0.2, 0) is 10.0 Å². The van der Waals surface area contributed by atoms with Crippen molar-refractivity contribution >= 4 is 15.9 Å². The minimum Gasteiger partial charge on any atom is -0.387 e. The molecule has 0 aliphatic heterocycles. The number of hydrogen-bond donors (Lipinski definition) is 3. The van der Waals surface area contributed by atoms with E-state index in [-0.39, 0.29) is 30.0 Å². The van der Waals surface area contributed by atoms with E-state index in [1.54, 1.807) is 6.92 Å². The second-order valence-electron chi connectivity index (χ2n) is 3.88. The highest BCUT2D eigenvalue weighted by atomic mass is 32.2. The Morgan fingerprint density at radius 3 is 2.29 bits per heavy atom. The lowest BCUT2D eigenvalue weighted by molar-refractivity contribution is 0.561. The third kappa shape index (κ3) is 5.93. The van der Waals surface area contributed by atoms with Crippen molar-refractivity contribution in [1.82, 2.24) is 4.72 Å². The van der Waals surface area contributed by atoms with Crippen LogP contribution >= 0.6 is 0 Å². The molecule has 14 heavy (non-hydrogen) atoms. The molecule has 0 saturated carbocycles. The van der Waals surface area contributed by atoms with Crippen molar-refractivity contribution in [2.24, 2.45) is 17.6 Å². The molecular formula is C8H19N3O2S. The van der Waals surface area contributed by atoms with Crippen molar-refractivity contribution < 1.29 is 8.42 Å². The first kappa shape index (κ1) is 13.4. The lowest BCUT2D eigenvalue weighted by Gasteiger charge is -2.12. The van der Waals surface area contributed by atoms with E-state index in [1.807, 2.05) is 13.8 Å². The summed E-state index contributed by atoms with van der Waals surface area (Å²) < 4.78 is 25.1. The summed E-state index contributed by atoms with van der Waals surface area (Å²) in [7, 11) is -3.21. The van der Waals surface area contributed by atoms with E-state index >= 15 is 0 Å². The zero-order valence-electron chi connectivity index (χ0n) is 8.87. The highest BCUT2D eigenvalue weighted by Crippen LogP contribution is 1.99. The van der Waals surface area contributed by atoms with Gasteiger partial charge in [0.15, 0.2) is 0 Å². The van der Waals surface area contributed by atoms with Gasteiger partial charge in [0.2, 0.25) is 10.0 Å². The van der Waals surface area contributed by atoms with E-state index in [2.05, 4.69) is 4.72 Å². The average molecular weight is 221 g/mol. The lowest BCUT2D eigenvalue weighted by Crippen LogP contribution is -2.36. The zero-order valence-corrected chi connectivity index (χ0v) is 9.69. The van der Waals surface area contributed by atoms with Gasteiger partial charge in [0, 0.05) is 12.5 Å². The molecule has 0 aromatic rings. The Hall–Kier alpha value is -0.620. The van der Waals surface area contributed by atoms with Crippen molar-refractivity contribution in [3.05, 3.63) is 0 Å². The van der Waals surface area contributed by atoms with Crippen LogP contribution in [0.5, 0.6) is 0 Å². The number of nitrogens with two attached hydrogens (primary N) is 1. The highest BCUT2D eigenvalue weighted by molar-refractivity contribution is 7.89. The van der Waals surface area contributed by atoms with Crippen LogP contribution in [0.4, 0.5) is 0 Å². The van der Waals surface area contributed by atoms with Gasteiger partial charge in [-0.05, 0) is 5.92 Å². The molecule has 0 rings (SSSR count). The molecule has 4 N–H and O–H groups in total. The lowest BCUT2D eigenvalue weighted by atomic mass is 10.2. The fraction of sp³-hybridized carbons (Fsp3) is 0.875. The Labute approximate surface area is 85.6 Å². The normalized spacial score (nSPS) is 14.3. The third-order valence-electron chi connectivity index (χ3n) is 1.69. The minimum absolute atomic E-state index is 0.00255. The van der Waals surface area contributed by atoms with Crippen LogP contribution in [0.15, 0.2) is 0 Å². The first-order chi connectivity index (χ1) is 6.24. The molecule has 0 heterocycles. The molecule has 0 aromatic carbocycles. The van der Waals surface area contributed by atoms with Gasteiger partial charge in [-0.2, -0.15) is 0 Å². The van der Waals surface area contributed by atoms with Crippen molar-refractivity contribution in [2.45, 2.75) is 20.8 Å². The summed E-state index contributed by atoms with van der Waals surface area (Å²) in [5.41, 5.74) is 5.22. The summed E-state index contributed by atoms with van der Waals surface area (Å²) in [5.74, 6) is -0.0493. The molecular weight excluding hydrogens is 202 g/mol. The summed E-state index contributed by atoms with van der Waals surface area (Å²) in [6, 6.07) is 0. The number of sulfonamides is 1. The summed E-state index contributed by atoms with van der Waals surface area (Å²) >= 11 is 0. The summed E-state index contributed by atoms with van der Waals surface area (Å²) in [5, 5.41) is 7.09. The van der Waals surface area contributed by atoms with Crippen LogP contribution in [0.25, 0.3) is 0 Å². The summed E-state index contributed by atoms with van der Waals surface area (Å²) in [4.78, 5) is 0. The predicted molar refractivity (Wildman–Crippen MR) is 57.7 cm³/mol. The average Bonchev–Trinajstić information content (AvgIpc) is 1.97. The fourth-order valence-corrected chi connectivity index (χ4v) is 2.36. The van der Waals surface area contributed by atoms with E-state index in [9.17, 15) is 8.42 Å². The molecule has 0 bridgehead atoms. The van der Waals surface area contributed by atoms with Crippen LogP contribution in [0.2, 0.25) is 0 Å². The molecule has 0 aromatic heterocycles. The molecule has 1 unspecified atom stereocenters. The van der Waals surface area contributed by atoms with Crippen molar-refractivity contribution in [3.8, 4) is 0 Å². The van der Waals surface area contributed by atoms with Gasteiger partial charge in [0.05, 0.1) is 11.6 Å². The molecule has 0 saturated heterocycles. The molecule has 0 radical (unpaired) electrons. The SMILES string of the molecule is CC(C)CS(=O)(=O)NCC(C)C(=N)N. The van der Waals surface area contributed by atoms with Gasteiger partial charge >= 0.3 is 0 Å². The van der Waals surface area contributed by atoms with Crippen LogP contribution < -0.4 is 10.5 Å². The van der Waals surface area contributed by atoms with Gasteiger partial charge in [-0.3, -0.25) is 5.41 Å². The van der Waals surface area contributed by atoms with Gasteiger partial charge < -0.3 is 5.73 Å². The van der Waals surface area contributed by atoms with Crippen molar-refractivity contribution in [1.29, 1.82) is 5.41 Å². The van der Waals surface area contributed by atoms with Crippen LogP contribution in [0.1, 0.15) is 20.8 Å². The maximum atomic E-state index is 11.3. The first-order valence-electron chi connectivity index (χ1n) is 4.56. The fourth-order valence-electron chi connectivity index (χ4n) is 0.860. The van der Waals surface area contributed by atoms with Gasteiger partial charge in [-0.15, -0.1) is 0 Å². The predicted octanol–water partition coefficient (Wildman–Crippen LogP) is 0.134. The second kappa shape index (κ2) is 5.31. The molecule has 84 valence electrons. The molecule has 0 aliphatic carbocycles. The monoisotopic (exact) mass is 221 g/mol.